The largest absolute Gasteiger partial charge is 0.389 e. The molecular weight excluding hydrogens is 322 g/mol. The van der Waals surface area contributed by atoms with E-state index in [1.165, 1.54) is 25.9 Å². The third kappa shape index (κ3) is 4.16. The van der Waals surface area contributed by atoms with Crippen LogP contribution < -0.4 is 11.1 Å². The summed E-state index contributed by atoms with van der Waals surface area (Å²) >= 11 is 8.58. The molecule has 0 unspecified atom stereocenters. The number of nitrogens with two attached hydrogens (primary N) is 1. The van der Waals surface area contributed by atoms with Crippen LogP contribution in [0.5, 0.6) is 0 Å². The van der Waals surface area contributed by atoms with Crippen molar-refractivity contribution in [2.75, 3.05) is 32.0 Å². The molecule has 0 radical (unpaired) electrons. The van der Waals surface area contributed by atoms with Crippen LogP contribution >= 0.6 is 28.1 Å². The van der Waals surface area contributed by atoms with E-state index in [0.29, 0.717) is 4.99 Å². The number of hydrogen-bond donors (Lipinski definition) is 2. The summed E-state index contributed by atoms with van der Waals surface area (Å²) in [5.74, 6) is 0.731. The van der Waals surface area contributed by atoms with Crippen LogP contribution in [0.15, 0.2) is 22.7 Å². The SMILES string of the molecule is CN1CCC(CNc2cc(Br)ccc2C(N)=S)CC1. The highest BCUT2D eigenvalue weighted by Crippen LogP contribution is 2.23. The van der Waals surface area contributed by atoms with Crippen molar-refractivity contribution in [1.82, 2.24) is 4.90 Å². The third-order valence-electron chi connectivity index (χ3n) is 3.67. The average Bonchev–Trinajstić information content (AvgIpc) is 2.38. The fourth-order valence-corrected chi connectivity index (χ4v) is 2.94. The molecule has 0 aliphatic carbocycles. The molecule has 0 saturated carbocycles. The Hall–Kier alpha value is -0.650. The molecular formula is C14H20BrN3S. The number of thiocarbonyl (C=S) groups is 1. The Morgan fingerprint density at radius 3 is 2.79 bits per heavy atom. The molecule has 0 spiro atoms. The highest BCUT2D eigenvalue weighted by molar-refractivity contribution is 9.10. The van der Waals surface area contributed by atoms with Crippen LogP contribution in [0, 0.1) is 5.92 Å². The summed E-state index contributed by atoms with van der Waals surface area (Å²) in [6.45, 7) is 3.36. The van der Waals surface area contributed by atoms with Crippen LogP contribution in [-0.4, -0.2) is 36.6 Å². The van der Waals surface area contributed by atoms with Gasteiger partial charge in [-0.1, -0.05) is 28.1 Å². The van der Waals surface area contributed by atoms with Gasteiger partial charge in [0.2, 0.25) is 0 Å². The lowest BCUT2D eigenvalue weighted by molar-refractivity contribution is 0.226. The first-order valence-corrected chi connectivity index (χ1v) is 7.78. The quantitative estimate of drug-likeness (QED) is 0.826. The second-order valence-electron chi connectivity index (χ2n) is 5.18. The molecule has 1 aromatic rings. The van der Waals surface area contributed by atoms with Gasteiger partial charge in [0.15, 0.2) is 0 Å². The van der Waals surface area contributed by atoms with E-state index in [4.69, 9.17) is 18.0 Å². The molecule has 0 amide bonds. The summed E-state index contributed by atoms with van der Waals surface area (Å²) in [6, 6.07) is 5.97. The van der Waals surface area contributed by atoms with E-state index >= 15 is 0 Å². The van der Waals surface area contributed by atoms with Gasteiger partial charge in [0.05, 0.1) is 0 Å². The zero-order chi connectivity index (χ0) is 13.8. The smallest absolute Gasteiger partial charge is 0.106 e. The number of benzene rings is 1. The third-order valence-corrected chi connectivity index (χ3v) is 4.38. The van der Waals surface area contributed by atoms with E-state index in [-0.39, 0.29) is 0 Å². The van der Waals surface area contributed by atoms with Gasteiger partial charge in [-0.25, -0.2) is 0 Å². The second-order valence-corrected chi connectivity index (χ2v) is 6.54. The summed E-state index contributed by atoms with van der Waals surface area (Å²) in [5.41, 5.74) is 7.71. The van der Waals surface area contributed by atoms with E-state index in [1.54, 1.807) is 0 Å². The first-order chi connectivity index (χ1) is 9.06. The van der Waals surface area contributed by atoms with Gasteiger partial charge in [-0.2, -0.15) is 0 Å². The van der Waals surface area contributed by atoms with Crippen molar-refractivity contribution in [3.63, 3.8) is 0 Å². The molecule has 19 heavy (non-hydrogen) atoms. The molecule has 5 heteroatoms. The molecule has 1 aromatic carbocycles. The number of hydrogen-bond acceptors (Lipinski definition) is 3. The lowest BCUT2D eigenvalue weighted by Gasteiger charge is -2.29. The first-order valence-electron chi connectivity index (χ1n) is 6.58. The molecule has 1 aliphatic heterocycles. The Kier molecular flexibility index (Phi) is 5.19. The Labute approximate surface area is 128 Å². The number of piperidine rings is 1. The molecule has 104 valence electrons. The molecule has 1 fully saturated rings. The Morgan fingerprint density at radius 1 is 1.47 bits per heavy atom. The van der Waals surface area contributed by atoms with E-state index in [2.05, 4.69) is 33.2 Å². The van der Waals surface area contributed by atoms with Crippen molar-refractivity contribution in [2.45, 2.75) is 12.8 Å². The van der Waals surface area contributed by atoms with Crippen molar-refractivity contribution < 1.29 is 0 Å². The minimum Gasteiger partial charge on any atom is -0.389 e. The van der Waals surface area contributed by atoms with E-state index < -0.39 is 0 Å². The summed E-state index contributed by atoms with van der Waals surface area (Å²) in [6.07, 6.45) is 2.50. The Bertz CT molecular complexity index is 456. The zero-order valence-corrected chi connectivity index (χ0v) is 13.6. The van der Waals surface area contributed by atoms with Gasteiger partial charge in [-0.05, 0) is 57.1 Å². The van der Waals surface area contributed by atoms with Gasteiger partial charge in [0, 0.05) is 22.3 Å². The van der Waals surface area contributed by atoms with Crippen LogP contribution in [0.1, 0.15) is 18.4 Å². The van der Waals surface area contributed by atoms with Gasteiger partial charge in [-0.15, -0.1) is 0 Å². The standard InChI is InChI=1S/C14H20BrN3S/c1-18-6-4-10(5-7-18)9-17-13-8-11(15)2-3-12(13)14(16)19/h2-3,8,10,17H,4-7,9H2,1H3,(H2,16,19). The second kappa shape index (κ2) is 6.68. The van der Waals surface area contributed by atoms with Crippen molar-refractivity contribution in [3.8, 4) is 0 Å². The van der Waals surface area contributed by atoms with Crippen molar-refractivity contribution in [3.05, 3.63) is 28.2 Å². The normalized spacial score (nSPS) is 17.4. The van der Waals surface area contributed by atoms with Gasteiger partial charge >= 0.3 is 0 Å². The number of likely N-dealkylation sites (tertiary alicyclic amines) is 1. The van der Waals surface area contributed by atoms with Gasteiger partial charge in [0.1, 0.15) is 4.99 Å². The molecule has 3 nitrogen and oxygen atoms in total. The van der Waals surface area contributed by atoms with Gasteiger partial charge < -0.3 is 16.0 Å². The first kappa shape index (κ1) is 14.8. The van der Waals surface area contributed by atoms with Crippen LogP contribution in [-0.2, 0) is 0 Å². The number of anilines is 1. The van der Waals surface area contributed by atoms with Crippen molar-refractivity contribution in [1.29, 1.82) is 0 Å². The predicted octanol–water partition coefficient (Wildman–Crippen LogP) is 2.84. The Balaban J connectivity index is 1.98. The topological polar surface area (TPSA) is 41.3 Å². The molecule has 1 saturated heterocycles. The maximum Gasteiger partial charge on any atom is 0.106 e. The predicted molar refractivity (Wildman–Crippen MR) is 88.7 cm³/mol. The summed E-state index contributed by atoms with van der Waals surface area (Å²) in [4.78, 5) is 2.83. The van der Waals surface area contributed by atoms with Crippen LogP contribution in [0.2, 0.25) is 0 Å². The minimum absolute atomic E-state index is 0.443. The Morgan fingerprint density at radius 2 is 2.16 bits per heavy atom. The van der Waals surface area contributed by atoms with E-state index in [9.17, 15) is 0 Å². The van der Waals surface area contributed by atoms with Gasteiger partial charge in [-0.3, -0.25) is 0 Å². The van der Waals surface area contributed by atoms with Crippen LogP contribution in [0.4, 0.5) is 5.69 Å². The monoisotopic (exact) mass is 341 g/mol. The number of nitrogens with zero attached hydrogens (tertiary/aromatic N) is 1. The van der Waals surface area contributed by atoms with Crippen molar-refractivity contribution >= 4 is 38.8 Å². The molecule has 1 heterocycles. The highest BCUT2D eigenvalue weighted by atomic mass is 79.9. The number of nitrogens with one attached hydrogen (secondary N) is 1. The van der Waals surface area contributed by atoms with Crippen molar-refractivity contribution in [2.24, 2.45) is 11.7 Å². The van der Waals surface area contributed by atoms with E-state index in [0.717, 1.165) is 28.2 Å². The highest BCUT2D eigenvalue weighted by Gasteiger charge is 2.17. The molecule has 0 aromatic heterocycles. The fourth-order valence-electron chi connectivity index (χ4n) is 2.40. The number of rotatable bonds is 4. The maximum absolute atomic E-state index is 5.76. The van der Waals surface area contributed by atoms with Crippen LogP contribution in [0.3, 0.4) is 0 Å². The molecule has 0 bridgehead atoms. The van der Waals surface area contributed by atoms with E-state index in [1.807, 2.05) is 18.2 Å². The lowest BCUT2D eigenvalue weighted by atomic mass is 9.97. The summed E-state index contributed by atoms with van der Waals surface area (Å²) in [5, 5.41) is 3.50. The maximum atomic E-state index is 5.76. The fraction of sp³-hybridized carbons (Fsp3) is 0.500. The minimum atomic E-state index is 0.443. The molecule has 2 rings (SSSR count). The summed E-state index contributed by atoms with van der Waals surface area (Å²) < 4.78 is 1.04. The van der Waals surface area contributed by atoms with Crippen LogP contribution in [0.25, 0.3) is 0 Å². The lowest BCUT2D eigenvalue weighted by Crippen LogP contribution is -2.33. The number of halogens is 1. The molecule has 1 aliphatic rings. The van der Waals surface area contributed by atoms with Gasteiger partial charge in [0.25, 0.3) is 0 Å². The zero-order valence-electron chi connectivity index (χ0n) is 11.2. The molecule has 3 N–H and O–H groups in total. The average molecular weight is 342 g/mol. The summed E-state index contributed by atoms with van der Waals surface area (Å²) in [7, 11) is 2.18. The molecule has 0 atom stereocenters.